The van der Waals surface area contributed by atoms with Crippen molar-refractivity contribution in [3.05, 3.63) is 18.6 Å². The molecule has 1 aliphatic heterocycles. The van der Waals surface area contributed by atoms with Crippen molar-refractivity contribution in [1.29, 1.82) is 0 Å². The summed E-state index contributed by atoms with van der Waals surface area (Å²) < 4.78 is 1.93. The van der Waals surface area contributed by atoms with Gasteiger partial charge in [-0.2, -0.15) is 5.10 Å². The average Bonchev–Trinajstić information content (AvgIpc) is 2.22. The quantitative estimate of drug-likeness (QED) is 0.499. The number of hydrogen-bond acceptors (Lipinski definition) is 2. The smallest absolute Gasteiger partial charge is 0.151 e. The first-order chi connectivity index (χ1) is 4.36. The molecule has 0 amide bonds. The highest BCUT2D eigenvalue weighted by Gasteiger charge is 2.12. The van der Waals surface area contributed by atoms with Crippen LogP contribution in [-0.2, 0) is 13.0 Å². The van der Waals surface area contributed by atoms with E-state index >= 15 is 0 Å². The molecule has 47 valence electrons. The second-order valence-electron chi connectivity index (χ2n) is 2.27. The highest BCUT2D eigenvalue weighted by molar-refractivity contribution is 4.98. The van der Waals surface area contributed by atoms with E-state index in [1.165, 1.54) is 6.42 Å². The van der Waals surface area contributed by atoms with E-state index < -0.39 is 0 Å². The number of aromatic nitrogens is 3. The van der Waals surface area contributed by atoms with Crippen LogP contribution in [0.4, 0.5) is 0 Å². The monoisotopic (exact) mass is 122 g/mol. The van der Waals surface area contributed by atoms with E-state index in [0.717, 1.165) is 18.8 Å². The van der Waals surface area contributed by atoms with Crippen molar-refractivity contribution in [2.24, 2.45) is 0 Å². The van der Waals surface area contributed by atoms with Crippen molar-refractivity contribution < 1.29 is 0 Å². The predicted molar refractivity (Wildman–Crippen MR) is 32.8 cm³/mol. The maximum atomic E-state index is 4.13. The Kier molecular flexibility index (Phi) is 0.860. The summed E-state index contributed by atoms with van der Waals surface area (Å²) in [5.41, 5.74) is 0. The maximum absolute atomic E-state index is 4.13. The van der Waals surface area contributed by atoms with Crippen LogP contribution in [0.5, 0.6) is 0 Å². The van der Waals surface area contributed by atoms with E-state index in [1.54, 1.807) is 0 Å². The Balaban J connectivity index is 2.51. The molecule has 0 aliphatic carbocycles. The summed E-state index contributed by atoms with van der Waals surface area (Å²) >= 11 is 0. The van der Waals surface area contributed by atoms with Gasteiger partial charge in [-0.25, -0.2) is 9.67 Å². The van der Waals surface area contributed by atoms with E-state index in [-0.39, 0.29) is 0 Å². The number of aryl methyl sites for hydroxylation is 2. The van der Waals surface area contributed by atoms with Gasteiger partial charge in [-0.3, -0.25) is 0 Å². The van der Waals surface area contributed by atoms with Gasteiger partial charge in [-0.15, -0.1) is 0 Å². The van der Waals surface area contributed by atoms with Crippen molar-refractivity contribution in [2.75, 3.05) is 0 Å². The molecule has 3 nitrogen and oxygen atoms in total. The maximum Gasteiger partial charge on any atom is 0.151 e. The normalized spacial score (nSPS) is 16.1. The van der Waals surface area contributed by atoms with Gasteiger partial charge in [0.2, 0.25) is 0 Å². The zero-order valence-corrected chi connectivity index (χ0v) is 5.17. The van der Waals surface area contributed by atoms with Crippen LogP contribution in [-0.4, -0.2) is 14.8 Å². The third-order valence-electron chi connectivity index (χ3n) is 1.56. The van der Waals surface area contributed by atoms with E-state index in [1.807, 2.05) is 4.68 Å². The molecule has 0 unspecified atom stereocenters. The van der Waals surface area contributed by atoms with Gasteiger partial charge in [0, 0.05) is 19.9 Å². The van der Waals surface area contributed by atoms with Crippen molar-refractivity contribution >= 4 is 0 Å². The highest BCUT2D eigenvalue weighted by atomic mass is 15.4. The van der Waals surface area contributed by atoms with Gasteiger partial charge in [-0.05, 0) is 6.42 Å². The summed E-state index contributed by atoms with van der Waals surface area (Å²) in [6.45, 7) is 4.67. The lowest BCUT2D eigenvalue weighted by Crippen LogP contribution is -1.93. The first-order valence-corrected chi connectivity index (χ1v) is 3.12. The standard InChI is InChI=1S/C6H8N3/c1-5-7-6-3-2-4-9(6)8-5/h1-4H2. The van der Waals surface area contributed by atoms with Gasteiger partial charge < -0.3 is 0 Å². The molecule has 1 aliphatic rings. The molecule has 0 saturated carbocycles. The second-order valence-corrected chi connectivity index (χ2v) is 2.27. The molecular formula is C6H8N3. The fourth-order valence-corrected chi connectivity index (χ4v) is 1.18. The summed E-state index contributed by atoms with van der Waals surface area (Å²) in [7, 11) is 0. The third-order valence-corrected chi connectivity index (χ3v) is 1.56. The number of rotatable bonds is 0. The van der Waals surface area contributed by atoms with Crippen LogP contribution in [0.2, 0.25) is 0 Å². The van der Waals surface area contributed by atoms with Crippen molar-refractivity contribution in [3.63, 3.8) is 0 Å². The largest absolute Gasteiger partial charge is 0.250 e. The van der Waals surface area contributed by atoms with Crippen LogP contribution in [0.25, 0.3) is 0 Å². The van der Waals surface area contributed by atoms with E-state index in [4.69, 9.17) is 0 Å². The molecule has 1 aromatic heterocycles. The second kappa shape index (κ2) is 1.56. The molecular weight excluding hydrogens is 114 g/mol. The molecule has 1 radical (unpaired) electrons. The van der Waals surface area contributed by atoms with Crippen LogP contribution < -0.4 is 0 Å². The number of nitrogens with zero attached hydrogens (tertiary/aromatic N) is 3. The molecule has 0 atom stereocenters. The molecule has 2 rings (SSSR count). The fraction of sp³-hybridized carbons (Fsp3) is 0.500. The third kappa shape index (κ3) is 0.642. The molecule has 9 heavy (non-hydrogen) atoms. The number of hydrogen-bond donors (Lipinski definition) is 0. The lowest BCUT2D eigenvalue weighted by molar-refractivity contribution is 0.653. The van der Waals surface area contributed by atoms with Crippen LogP contribution >= 0.6 is 0 Å². The van der Waals surface area contributed by atoms with Gasteiger partial charge in [-0.1, -0.05) is 0 Å². The Labute approximate surface area is 53.7 Å². The van der Waals surface area contributed by atoms with Gasteiger partial charge in [0.25, 0.3) is 0 Å². The van der Waals surface area contributed by atoms with Crippen LogP contribution in [0.15, 0.2) is 0 Å². The zero-order chi connectivity index (χ0) is 6.27. The van der Waals surface area contributed by atoms with E-state index in [9.17, 15) is 0 Å². The molecule has 0 N–H and O–H groups in total. The first kappa shape index (κ1) is 4.97. The van der Waals surface area contributed by atoms with Crippen molar-refractivity contribution in [2.45, 2.75) is 19.4 Å². The molecule has 0 bridgehead atoms. The Morgan fingerprint density at radius 2 is 2.44 bits per heavy atom. The van der Waals surface area contributed by atoms with Gasteiger partial charge in [0.15, 0.2) is 5.82 Å². The fourth-order valence-electron chi connectivity index (χ4n) is 1.18. The summed E-state index contributed by atoms with van der Waals surface area (Å²) in [6, 6.07) is 0. The lowest BCUT2D eigenvalue weighted by Gasteiger charge is -1.86. The summed E-state index contributed by atoms with van der Waals surface area (Å²) in [6.07, 6.45) is 2.26. The Morgan fingerprint density at radius 3 is 3.22 bits per heavy atom. The van der Waals surface area contributed by atoms with E-state index in [0.29, 0.717) is 5.82 Å². The van der Waals surface area contributed by atoms with Gasteiger partial charge >= 0.3 is 0 Å². The Hall–Kier alpha value is -0.860. The minimum Gasteiger partial charge on any atom is -0.250 e. The average molecular weight is 122 g/mol. The zero-order valence-electron chi connectivity index (χ0n) is 5.17. The van der Waals surface area contributed by atoms with Crippen LogP contribution in [0.1, 0.15) is 18.1 Å². The lowest BCUT2D eigenvalue weighted by atomic mass is 10.4. The topological polar surface area (TPSA) is 30.7 Å². The molecule has 0 saturated heterocycles. The minimum atomic E-state index is 0.657. The molecule has 2 heterocycles. The van der Waals surface area contributed by atoms with Crippen molar-refractivity contribution in [3.8, 4) is 0 Å². The predicted octanol–water partition coefficient (Wildman–Crippen LogP) is 0.406. The Bertz CT molecular complexity index is 205. The van der Waals surface area contributed by atoms with Gasteiger partial charge in [0.05, 0.1) is 0 Å². The first-order valence-electron chi connectivity index (χ1n) is 3.12. The van der Waals surface area contributed by atoms with Crippen LogP contribution in [0.3, 0.4) is 0 Å². The molecule has 3 heteroatoms. The highest BCUT2D eigenvalue weighted by Crippen LogP contribution is 2.09. The van der Waals surface area contributed by atoms with Crippen LogP contribution in [0, 0.1) is 6.92 Å². The summed E-state index contributed by atoms with van der Waals surface area (Å²) in [5.74, 6) is 1.75. The molecule has 0 spiro atoms. The molecule has 1 aromatic rings. The summed E-state index contributed by atoms with van der Waals surface area (Å²) in [5, 5.41) is 4.09. The minimum absolute atomic E-state index is 0.657. The van der Waals surface area contributed by atoms with E-state index in [2.05, 4.69) is 17.0 Å². The molecule has 0 aromatic carbocycles. The summed E-state index contributed by atoms with van der Waals surface area (Å²) in [4.78, 5) is 4.13. The SMILES string of the molecule is [CH2]c1nc2n(n1)CCC2. The van der Waals surface area contributed by atoms with Gasteiger partial charge in [0.1, 0.15) is 5.82 Å². The number of fused-ring (bicyclic) bond motifs is 1. The van der Waals surface area contributed by atoms with Crippen molar-refractivity contribution in [1.82, 2.24) is 14.8 Å². The molecule has 0 fully saturated rings. The Morgan fingerprint density at radius 1 is 1.56 bits per heavy atom.